The van der Waals surface area contributed by atoms with E-state index in [-0.39, 0.29) is 16.1 Å². The first-order valence-electron chi connectivity index (χ1n) is 8.11. The minimum absolute atomic E-state index is 0.0287. The van der Waals surface area contributed by atoms with Crippen LogP contribution in [-0.2, 0) is 21.4 Å². The van der Waals surface area contributed by atoms with Crippen LogP contribution in [0, 0.1) is 11.3 Å². The van der Waals surface area contributed by atoms with Crippen LogP contribution in [0.25, 0.3) is 0 Å². The molecule has 28 heavy (non-hydrogen) atoms. The Hall–Kier alpha value is -2.86. The van der Waals surface area contributed by atoms with Crippen LogP contribution in [0.1, 0.15) is 31.9 Å². The van der Waals surface area contributed by atoms with Crippen molar-refractivity contribution in [2.45, 2.75) is 37.3 Å². The van der Waals surface area contributed by atoms with E-state index in [1.165, 1.54) is 12.1 Å². The second-order valence-electron chi connectivity index (χ2n) is 6.97. The standard InChI is InChI=1S/C19H18F3N3O2S/c1-18(2,3)13-4-7-15(8-5-13)28(26,27)16(10-23)12-25-17-9-6-14(11-24-17)19(20,21)22/h4-9,11-12H,1-3H3,(H,24,25)/b16-12-. The maximum absolute atomic E-state index is 12.6. The molecule has 0 bridgehead atoms. The van der Waals surface area contributed by atoms with Crippen LogP contribution in [0.2, 0.25) is 0 Å². The summed E-state index contributed by atoms with van der Waals surface area (Å²) in [6.07, 6.45) is -3.01. The molecule has 0 fully saturated rings. The maximum atomic E-state index is 12.6. The Morgan fingerprint density at radius 1 is 1.07 bits per heavy atom. The first-order chi connectivity index (χ1) is 12.9. The summed E-state index contributed by atoms with van der Waals surface area (Å²) in [5.74, 6) is -0.0287. The molecular formula is C19H18F3N3O2S. The Kier molecular flexibility index (Phi) is 5.85. The summed E-state index contributed by atoms with van der Waals surface area (Å²) in [5.41, 5.74) is -0.165. The Morgan fingerprint density at radius 3 is 2.07 bits per heavy atom. The number of benzene rings is 1. The number of nitrogens with zero attached hydrogens (tertiary/aromatic N) is 2. The van der Waals surface area contributed by atoms with Gasteiger partial charge in [0.05, 0.1) is 10.5 Å². The van der Waals surface area contributed by atoms with Crippen molar-refractivity contribution >= 4 is 15.7 Å². The second kappa shape index (κ2) is 7.64. The molecule has 5 nitrogen and oxygen atoms in total. The summed E-state index contributed by atoms with van der Waals surface area (Å²) in [7, 11) is -4.09. The molecule has 1 N–H and O–H groups in total. The SMILES string of the molecule is CC(C)(C)c1ccc(S(=O)(=O)/C(C#N)=C\Nc2ccc(C(F)(F)F)cn2)cc1. The van der Waals surface area contributed by atoms with Crippen LogP contribution in [0.4, 0.5) is 19.0 Å². The molecule has 0 radical (unpaired) electrons. The van der Waals surface area contributed by atoms with Crippen molar-refractivity contribution in [1.82, 2.24) is 4.98 Å². The van der Waals surface area contributed by atoms with Gasteiger partial charge in [0.1, 0.15) is 11.9 Å². The molecule has 2 aromatic rings. The minimum atomic E-state index is -4.53. The molecule has 0 spiro atoms. The number of rotatable bonds is 4. The number of hydrogen-bond donors (Lipinski definition) is 1. The van der Waals surface area contributed by atoms with Crippen molar-refractivity contribution in [3.63, 3.8) is 0 Å². The lowest BCUT2D eigenvalue weighted by atomic mass is 9.87. The Morgan fingerprint density at radius 2 is 1.64 bits per heavy atom. The molecule has 2 rings (SSSR count). The third kappa shape index (κ3) is 4.89. The van der Waals surface area contributed by atoms with E-state index < -0.39 is 26.5 Å². The molecule has 0 saturated carbocycles. The molecule has 0 aliphatic carbocycles. The monoisotopic (exact) mass is 409 g/mol. The van der Waals surface area contributed by atoms with Crippen LogP contribution in [0.5, 0.6) is 0 Å². The topological polar surface area (TPSA) is 82.8 Å². The Balaban J connectivity index is 2.27. The summed E-state index contributed by atoms with van der Waals surface area (Å²) in [4.78, 5) is 2.92. The average molecular weight is 409 g/mol. The third-order valence-electron chi connectivity index (χ3n) is 3.87. The van der Waals surface area contributed by atoms with Gasteiger partial charge in [-0.3, -0.25) is 0 Å². The van der Waals surface area contributed by atoms with Crippen molar-refractivity contribution in [2.24, 2.45) is 0 Å². The molecule has 9 heteroatoms. The van der Waals surface area contributed by atoms with Gasteiger partial charge < -0.3 is 5.32 Å². The summed E-state index contributed by atoms with van der Waals surface area (Å²) >= 11 is 0. The fourth-order valence-corrected chi connectivity index (χ4v) is 3.30. The number of nitrogens with one attached hydrogen (secondary N) is 1. The predicted octanol–water partition coefficient (Wildman–Crippen LogP) is 4.65. The zero-order valence-electron chi connectivity index (χ0n) is 15.4. The van der Waals surface area contributed by atoms with E-state index in [2.05, 4.69) is 10.3 Å². The van der Waals surface area contributed by atoms with Gasteiger partial charge in [0, 0.05) is 12.4 Å². The largest absolute Gasteiger partial charge is 0.417 e. The van der Waals surface area contributed by atoms with Gasteiger partial charge in [-0.2, -0.15) is 18.4 Å². The van der Waals surface area contributed by atoms with Crippen molar-refractivity contribution in [2.75, 3.05) is 5.32 Å². The van der Waals surface area contributed by atoms with Crippen LogP contribution < -0.4 is 5.32 Å². The molecule has 0 saturated heterocycles. The van der Waals surface area contributed by atoms with Crippen molar-refractivity contribution in [1.29, 1.82) is 5.26 Å². The highest BCUT2D eigenvalue weighted by molar-refractivity contribution is 7.95. The molecule has 0 atom stereocenters. The summed E-state index contributed by atoms with van der Waals surface area (Å²) in [6.45, 7) is 5.95. The first-order valence-corrected chi connectivity index (χ1v) is 9.60. The number of nitriles is 1. The van der Waals surface area contributed by atoms with E-state index in [9.17, 15) is 26.9 Å². The number of alkyl halides is 3. The highest BCUT2D eigenvalue weighted by Gasteiger charge is 2.30. The van der Waals surface area contributed by atoms with Crippen LogP contribution in [0.15, 0.2) is 58.6 Å². The maximum Gasteiger partial charge on any atom is 0.417 e. The summed E-state index contributed by atoms with van der Waals surface area (Å²) in [5, 5.41) is 11.7. The summed E-state index contributed by atoms with van der Waals surface area (Å²) in [6, 6.07) is 9.61. The molecule has 1 aromatic heterocycles. The normalized spacial score (nSPS) is 13.1. The number of halogens is 3. The average Bonchev–Trinajstić information content (AvgIpc) is 2.61. The van der Waals surface area contributed by atoms with E-state index in [1.54, 1.807) is 18.2 Å². The lowest BCUT2D eigenvalue weighted by Crippen LogP contribution is -2.12. The van der Waals surface area contributed by atoms with E-state index in [0.717, 1.165) is 23.9 Å². The molecule has 0 aliphatic heterocycles. The number of sulfone groups is 1. The van der Waals surface area contributed by atoms with Gasteiger partial charge in [0.25, 0.3) is 0 Å². The van der Waals surface area contributed by atoms with Crippen molar-refractivity contribution in [3.8, 4) is 6.07 Å². The van der Waals surface area contributed by atoms with E-state index in [0.29, 0.717) is 6.20 Å². The minimum Gasteiger partial charge on any atom is -0.345 e. The van der Waals surface area contributed by atoms with Gasteiger partial charge in [0.2, 0.25) is 9.84 Å². The quantitative estimate of drug-likeness (QED) is 0.744. The number of allylic oxidation sites excluding steroid dienone is 1. The number of hydrogen-bond acceptors (Lipinski definition) is 5. The Labute approximate surface area is 161 Å². The molecule has 148 valence electrons. The molecule has 1 heterocycles. The van der Waals surface area contributed by atoms with Crippen molar-refractivity contribution < 1.29 is 21.6 Å². The van der Waals surface area contributed by atoms with E-state index >= 15 is 0 Å². The number of aromatic nitrogens is 1. The zero-order valence-corrected chi connectivity index (χ0v) is 16.2. The predicted molar refractivity (Wildman–Crippen MR) is 98.9 cm³/mol. The molecule has 0 unspecified atom stereocenters. The van der Waals surface area contributed by atoms with Gasteiger partial charge in [-0.25, -0.2) is 13.4 Å². The van der Waals surface area contributed by atoms with Crippen molar-refractivity contribution in [3.05, 3.63) is 64.8 Å². The van der Waals surface area contributed by atoms with E-state index in [1.807, 2.05) is 20.8 Å². The number of pyridine rings is 1. The Bertz CT molecular complexity index is 1010. The van der Waals surface area contributed by atoms with Gasteiger partial charge in [0.15, 0.2) is 4.91 Å². The van der Waals surface area contributed by atoms with Gasteiger partial charge in [-0.05, 0) is 35.2 Å². The van der Waals surface area contributed by atoms with E-state index in [4.69, 9.17) is 0 Å². The third-order valence-corrected chi connectivity index (χ3v) is 5.55. The summed E-state index contributed by atoms with van der Waals surface area (Å²) < 4.78 is 62.9. The second-order valence-corrected chi connectivity index (χ2v) is 8.89. The fourth-order valence-electron chi connectivity index (χ4n) is 2.22. The molecule has 0 amide bonds. The van der Waals surface area contributed by atoms with Gasteiger partial charge in [-0.1, -0.05) is 32.9 Å². The highest BCUT2D eigenvalue weighted by Crippen LogP contribution is 2.29. The molecular weight excluding hydrogens is 391 g/mol. The lowest BCUT2D eigenvalue weighted by Gasteiger charge is -2.19. The molecule has 1 aromatic carbocycles. The zero-order chi connectivity index (χ0) is 21.2. The number of anilines is 1. The highest BCUT2D eigenvalue weighted by atomic mass is 32.2. The smallest absolute Gasteiger partial charge is 0.345 e. The van der Waals surface area contributed by atoms with Gasteiger partial charge in [-0.15, -0.1) is 0 Å². The van der Waals surface area contributed by atoms with Crippen LogP contribution in [0.3, 0.4) is 0 Å². The first kappa shape index (κ1) is 21.4. The fraction of sp³-hybridized carbons (Fsp3) is 0.263. The van der Waals surface area contributed by atoms with Crippen LogP contribution in [-0.4, -0.2) is 13.4 Å². The molecule has 0 aliphatic rings. The van der Waals surface area contributed by atoms with Crippen LogP contribution >= 0.6 is 0 Å². The van der Waals surface area contributed by atoms with Gasteiger partial charge >= 0.3 is 6.18 Å². The lowest BCUT2D eigenvalue weighted by molar-refractivity contribution is -0.137.